The van der Waals surface area contributed by atoms with Crippen molar-refractivity contribution in [2.24, 2.45) is 5.92 Å². The lowest BCUT2D eigenvalue weighted by Gasteiger charge is -2.09. The molecule has 0 N–H and O–H groups in total. The monoisotopic (exact) mass is 476 g/mol. The van der Waals surface area contributed by atoms with Crippen LogP contribution in [0.1, 0.15) is 13.8 Å². The van der Waals surface area contributed by atoms with Crippen molar-refractivity contribution < 1.29 is 19.0 Å². The van der Waals surface area contributed by atoms with Crippen molar-refractivity contribution in [3.63, 3.8) is 0 Å². The number of nitrogens with zero attached hydrogens (tertiary/aromatic N) is 2. The van der Waals surface area contributed by atoms with Crippen molar-refractivity contribution >= 4 is 17.3 Å². The van der Waals surface area contributed by atoms with Crippen LogP contribution in [0.5, 0.6) is 11.5 Å². The van der Waals surface area contributed by atoms with Gasteiger partial charge in [-0.1, -0.05) is 13.8 Å². The van der Waals surface area contributed by atoms with E-state index in [-0.39, 0.29) is 12.5 Å². The summed E-state index contributed by atoms with van der Waals surface area (Å²) in [6, 6.07) is 19.7. The number of esters is 1. The van der Waals surface area contributed by atoms with E-state index in [0.29, 0.717) is 12.5 Å². The predicted molar refractivity (Wildman–Crippen MR) is 135 cm³/mol. The molecular weight excluding hydrogens is 448 g/mol. The number of methoxy groups -OCH3 is 2. The summed E-state index contributed by atoms with van der Waals surface area (Å²) in [5.74, 6) is 1.63. The SMILES string of the molecule is COc1ccc(-c2nc(-c3cccn3CC(=O)OCC(C)C)sc2-c2ccc(OC)cc2)cc1. The number of thiazole rings is 1. The van der Waals surface area contributed by atoms with Crippen LogP contribution in [0.3, 0.4) is 0 Å². The summed E-state index contributed by atoms with van der Waals surface area (Å²) in [7, 11) is 3.31. The lowest BCUT2D eigenvalue weighted by molar-refractivity contribution is -0.145. The van der Waals surface area contributed by atoms with Gasteiger partial charge in [0.1, 0.15) is 23.1 Å². The second-order valence-corrected chi connectivity index (χ2v) is 9.25. The van der Waals surface area contributed by atoms with E-state index < -0.39 is 0 Å². The van der Waals surface area contributed by atoms with Gasteiger partial charge in [-0.05, 0) is 72.1 Å². The molecule has 2 aromatic heterocycles. The van der Waals surface area contributed by atoms with Crippen LogP contribution in [0.15, 0.2) is 66.9 Å². The fourth-order valence-electron chi connectivity index (χ4n) is 3.50. The minimum Gasteiger partial charge on any atom is -0.497 e. The molecule has 0 amide bonds. The summed E-state index contributed by atoms with van der Waals surface area (Å²) >= 11 is 1.59. The summed E-state index contributed by atoms with van der Waals surface area (Å²) < 4.78 is 17.9. The van der Waals surface area contributed by atoms with E-state index in [9.17, 15) is 4.79 Å². The standard InChI is InChI=1S/C27H28N2O4S/c1-18(2)17-33-24(30)16-29-15-5-6-23(29)27-28-25(19-7-11-21(31-3)12-8-19)26(34-27)20-9-13-22(32-4)14-10-20/h5-15,18H,16-17H2,1-4H3. The molecule has 176 valence electrons. The van der Waals surface area contributed by atoms with Crippen molar-refractivity contribution in [2.75, 3.05) is 20.8 Å². The Balaban J connectivity index is 1.72. The Morgan fingerprint density at radius 3 is 2.15 bits per heavy atom. The average Bonchev–Trinajstić information content (AvgIpc) is 3.50. The molecule has 0 fully saturated rings. The Morgan fingerprint density at radius 2 is 1.56 bits per heavy atom. The Kier molecular flexibility index (Phi) is 7.33. The first-order valence-corrected chi connectivity index (χ1v) is 11.9. The number of rotatable bonds is 9. The third-order valence-electron chi connectivity index (χ3n) is 5.27. The Morgan fingerprint density at radius 1 is 0.941 bits per heavy atom. The Hall–Kier alpha value is -3.58. The Bertz CT molecular complexity index is 1180. The first-order valence-electron chi connectivity index (χ1n) is 11.1. The molecule has 0 bridgehead atoms. The van der Waals surface area contributed by atoms with Gasteiger partial charge in [-0.3, -0.25) is 4.79 Å². The van der Waals surface area contributed by atoms with E-state index in [1.54, 1.807) is 25.6 Å². The molecule has 0 spiro atoms. The molecule has 4 rings (SSSR count). The molecule has 7 heteroatoms. The largest absolute Gasteiger partial charge is 0.497 e. The fraction of sp³-hybridized carbons (Fsp3) is 0.259. The highest BCUT2D eigenvalue weighted by molar-refractivity contribution is 7.18. The fourth-order valence-corrected chi connectivity index (χ4v) is 4.64. The Labute approximate surface area is 203 Å². The number of carbonyl (C=O) groups excluding carboxylic acids is 1. The summed E-state index contributed by atoms with van der Waals surface area (Å²) in [6.07, 6.45) is 1.88. The molecule has 4 aromatic rings. The van der Waals surface area contributed by atoms with Crippen molar-refractivity contribution in [3.8, 4) is 43.9 Å². The lowest BCUT2D eigenvalue weighted by Crippen LogP contribution is -2.16. The van der Waals surface area contributed by atoms with Gasteiger partial charge in [-0.2, -0.15) is 0 Å². The molecule has 0 saturated carbocycles. The second-order valence-electron chi connectivity index (χ2n) is 8.25. The highest BCUT2D eigenvalue weighted by atomic mass is 32.1. The topological polar surface area (TPSA) is 62.6 Å². The van der Waals surface area contributed by atoms with E-state index in [1.807, 2.05) is 85.3 Å². The third kappa shape index (κ3) is 5.31. The summed E-state index contributed by atoms with van der Waals surface area (Å²) in [5.41, 5.74) is 3.79. The van der Waals surface area contributed by atoms with Crippen LogP contribution < -0.4 is 9.47 Å². The lowest BCUT2D eigenvalue weighted by atomic mass is 10.1. The maximum absolute atomic E-state index is 12.4. The van der Waals surface area contributed by atoms with Crippen LogP contribution in [0, 0.1) is 5.92 Å². The van der Waals surface area contributed by atoms with Gasteiger partial charge in [-0.25, -0.2) is 4.98 Å². The van der Waals surface area contributed by atoms with Crippen LogP contribution in [-0.2, 0) is 16.1 Å². The minimum atomic E-state index is -0.256. The van der Waals surface area contributed by atoms with Crippen molar-refractivity contribution in [3.05, 3.63) is 66.9 Å². The average molecular weight is 477 g/mol. The van der Waals surface area contributed by atoms with Gasteiger partial charge in [0, 0.05) is 11.8 Å². The van der Waals surface area contributed by atoms with Crippen LogP contribution in [0.2, 0.25) is 0 Å². The number of hydrogen-bond donors (Lipinski definition) is 0. The molecule has 0 unspecified atom stereocenters. The molecular formula is C27H28N2O4S. The molecule has 2 heterocycles. The molecule has 0 saturated heterocycles. The first kappa shape index (κ1) is 23.6. The highest BCUT2D eigenvalue weighted by Crippen LogP contribution is 2.41. The zero-order valence-corrected chi connectivity index (χ0v) is 20.6. The van der Waals surface area contributed by atoms with Gasteiger partial charge in [0.15, 0.2) is 0 Å². The number of benzene rings is 2. The van der Waals surface area contributed by atoms with E-state index in [0.717, 1.165) is 43.9 Å². The number of carbonyl (C=O) groups is 1. The predicted octanol–water partition coefficient (Wildman–Crippen LogP) is 6.16. The van der Waals surface area contributed by atoms with Gasteiger partial charge in [-0.15, -0.1) is 11.3 Å². The maximum atomic E-state index is 12.4. The summed E-state index contributed by atoms with van der Waals surface area (Å²) in [4.78, 5) is 18.4. The molecule has 2 aromatic carbocycles. The number of aromatic nitrogens is 2. The van der Waals surface area contributed by atoms with E-state index >= 15 is 0 Å². The molecule has 6 nitrogen and oxygen atoms in total. The number of ether oxygens (including phenoxy) is 3. The number of hydrogen-bond acceptors (Lipinski definition) is 6. The highest BCUT2D eigenvalue weighted by Gasteiger charge is 2.19. The van der Waals surface area contributed by atoms with Gasteiger partial charge in [0.05, 0.1) is 37.1 Å². The van der Waals surface area contributed by atoms with E-state index in [4.69, 9.17) is 19.2 Å². The van der Waals surface area contributed by atoms with Crippen LogP contribution in [-0.4, -0.2) is 36.3 Å². The van der Waals surface area contributed by atoms with Crippen molar-refractivity contribution in [2.45, 2.75) is 20.4 Å². The van der Waals surface area contributed by atoms with Crippen LogP contribution in [0.4, 0.5) is 0 Å². The summed E-state index contributed by atoms with van der Waals surface area (Å²) in [6.45, 7) is 4.59. The van der Waals surface area contributed by atoms with E-state index in [1.165, 1.54) is 0 Å². The first-order chi connectivity index (χ1) is 16.5. The van der Waals surface area contributed by atoms with Crippen molar-refractivity contribution in [1.29, 1.82) is 0 Å². The zero-order valence-electron chi connectivity index (χ0n) is 19.8. The van der Waals surface area contributed by atoms with Gasteiger partial charge >= 0.3 is 5.97 Å². The molecule has 34 heavy (non-hydrogen) atoms. The normalized spacial score (nSPS) is 11.0. The molecule has 0 aliphatic rings. The molecule has 0 aliphatic carbocycles. The van der Waals surface area contributed by atoms with E-state index in [2.05, 4.69) is 0 Å². The maximum Gasteiger partial charge on any atom is 0.325 e. The van der Waals surface area contributed by atoms with Crippen LogP contribution >= 0.6 is 11.3 Å². The van der Waals surface area contributed by atoms with Crippen LogP contribution in [0.25, 0.3) is 32.4 Å². The quantitative estimate of drug-likeness (QED) is 0.271. The summed E-state index contributed by atoms with van der Waals surface area (Å²) in [5, 5.41) is 0.832. The molecule has 0 radical (unpaired) electrons. The van der Waals surface area contributed by atoms with Crippen molar-refractivity contribution in [1.82, 2.24) is 9.55 Å². The van der Waals surface area contributed by atoms with Gasteiger partial charge in [0.2, 0.25) is 0 Å². The smallest absolute Gasteiger partial charge is 0.325 e. The molecule has 0 atom stereocenters. The van der Waals surface area contributed by atoms with Gasteiger partial charge < -0.3 is 18.8 Å². The second kappa shape index (κ2) is 10.6. The third-order valence-corrected chi connectivity index (χ3v) is 6.40. The zero-order chi connectivity index (χ0) is 24.1. The molecule has 0 aliphatic heterocycles. The van der Waals surface area contributed by atoms with Gasteiger partial charge in [0.25, 0.3) is 0 Å². The minimum absolute atomic E-state index is 0.143.